The number of hydrogen-bond acceptors (Lipinski definition) is 4. The van der Waals surface area contributed by atoms with Gasteiger partial charge in [-0.25, -0.2) is 9.37 Å². The van der Waals surface area contributed by atoms with Crippen molar-refractivity contribution in [3.8, 4) is 0 Å². The summed E-state index contributed by atoms with van der Waals surface area (Å²) in [5.74, 6) is 0.166. The fourth-order valence-corrected chi connectivity index (χ4v) is 3.93. The molecule has 5 nitrogen and oxygen atoms in total. The van der Waals surface area contributed by atoms with E-state index in [2.05, 4.69) is 30.9 Å². The molecule has 4 rings (SSSR count). The van der Waals surface area contributed by atoms with Crippen LogP contribution in [-0.4, -0.2) is 29.0 Å². The molecule has 0 spiro atoms. The first-order valence-electron chi connectivity index (χ1n) is 9.75. The molecule has 3 aromatic rings. The molecule has 2 heterocycles. The molecule has 150 valence electrons. The van der Waals surface area contributed by atoms with E-state index in [1.165, 1.54) is 17.0 Å². The lowest BCUT2D eigenvalue weighted by atomic mass is 10.2. The Morgan fingerprint density at radius 2 is 1.93 bits per heavy atom. The van der Waals surface area contributed by atoms with Gasteiger partial charge < -0.3 is 4.90 Å². The van der Waals surface area contributed by atoms with Crippen LogP contribution in [0.3, 0.4) is 0 Å². The number of anilines is 1. The van der Waals surface area contributed by atoms with Gasteiger partial charge in [0.15, 0.2) is 0 Å². The molecular formula is C22H22BrFN4O. The van der Waals surface area contributed by atoms with E-state index in [0.29, 0.717) is 22.3 Å². The zero-order chi connectivity index (χ0) is 20.5. The standard InChI is InChI=1S/C22H22BrFN4O/c1-14(2)21-26-20-8-6-16(23)11-18(20)22(29)28(21)25-13-15-5-7-17(12-19(15)24)27-9-3-4-10-27/h5-8,11-14H,3-4,9-10H2,1-2H3. The van der Waals surface area contributed by atoms with Crippen molar-refractivity contribution < 1.29 is 4.39 Å². The minimum Gasteiger partial charge on any atom is -0.371 e. The van der Waals surface area contributed by atoms with Crippen LogP contribution in [-0.2, 0) is 0 Å². The SMILES string of the molecule is CC(C)c1nc2ccc(Br)cc2c(=O)n1N=Cc1ccc(N2CCCC2)cc1F. The lowest BCUT2D eigenvalue weighted by Gasteiger charge is -2.17. The highest BCUT2D eigenvalue weighted by Crippen LogP contribution is 2.23. The van der Waals surface area contributed by atoms with Gasteiger partial charge in [-0.05, 0) is 49.2 Å². The third-order valence-corrected chi connectivity index (χ3v) is 5.61. The third-order valence-electron chi connectivity index (χ3n) is 5.12. The minimum absolute atomic E-state index is 0.0183. The number of benzene rings is 2. The van der Waals surface area contributed by atoms with Crippen molar-refractivity contribution in [3.05, 3.63) is 68.4 Å². The van der Waals surface area contributed by atoms with Crippen LogP contribution in [0.1, 0.15) is 44.0 Å². The van der Waals surface area contributed by atoms with E-state index < -0.39 is 0 Å². The number of rotatable bonds is 4. The molecule has 1 aliphatic rings. The Balaban J connectivity index is 1.75. The largest absolute Gasteiger partial charge is 0.371 e. The molecule has 1 fully saturated rings. The predicted octanol–water partition coefficient (Wildman–Crippen LogP) is 4.90. The van der Waals surface area contributed by atoms with E-state index >= 15 is 0 Å². The zero-order valence-corrected chi connectivity index (χ0v) is 18.0. The molecule has 29 heavy (non-hydrogen) atoms. The molecule has 0 aliphatic carbocycles. The Morgan fingerprint density at radius 3 is 2.62 bits per heavy atom. The topological polar surface area (TPSA) is 50.5 Å². The number of nitrogens with zero attached hydrogens (tertiary/aromatic N) is 4. The van der Waals surface area contributed by atoms with Gasteiger partial charge in [-0.2, -0.15) is 9.78 Å². The fourth-order valence-electron chi connectivity index (χ4n) is 3.56. The molecule has 0 atom stereocenters. The van der Waals surface area contributed by atoms with Crippen molar-refractivity contribution in [1.82, 2.24) is 9.66 Å². The van der Waals surface area contributed by atoms with Crippen LogP contribution in [0.5, 0.6) is 0 Å². The second-order valence-electron chi connectivity index (χ2n) is 7.55. The maximum atomic E-state index is 14.6. The molecule has 0 radical (unpaired) electrons. The summed E-state index contributed by atoms with van der Waals surface area (Å²) in [4.78, 5) is 19.8. The van der Waals surface area contributed by atoms with E-state index in [4.69, 9.17) is 0 Å². The Kier molecular flexibility index (Phi) is 5.50. The number of hydrogen-bond donors (Lipinski definition) is 0. The van der Waals surface area contributed by atoms with Crippen LogP contribution in [0.15, 0.2) is 50.8 Å². The van der Waals surface area contributed by atoms with Gasteiger partial charge in [0, 0.05) is 34.7 Å². The van der Waals surface area contributed by atoms with Gasteiger partial charge in [0.2, 0.25) is 0 Å². The molecule has 1 saturated heterocycles. The summed E-state index contributed by atoms with van der Waals surface area (Å²) in [6.45, 7) is 5.81. The van der Waals surface area contributed by atoms with Crippen molar-refractivity contribution in [2.45, 2.75) is 32.6 Å². The molecule has 7 heteroatoms. The van der Waals surface area contributed by atoms with Crippen LogP contribution in [0.25, 0.3) is 10.9 Å². The normalized spacial score (nSPS) is 14.6. The maximum Gasteiger partial charge on any atom is 0.282 e. The molecule has 0 bridgehead atoms. The van der Waals surface area contributed by atoms with Crippen molar-refractivity contribution in [3.63, 3.8) is 0 Å². The summed E-state index contributed by atoms with van der Waals surface area (Å²) in [7, 11) is 0. The number of fused-ring (bicyclic) bond motifs is 1. The molecule has 0 amide bonds. The van der Waals surface area contributed by atoms with Crippen LogP contribution in [0.2, 0.25) is 0 Å². The first-order valence-corrected chi connectivity index (χ1v) is 10.5. The molecule has 0 saturated carbocycles. The summed E-state index contributed by atoms with van der Waals surface area (Å²) in [5, 5.41) is 4.78. The number of aromatic nitrogens is 2. The minimum atomic E-state index is -0.353. The van der Waals surface area contributed by atoms with Crippen LogP contribution < -0.4 is 10.5 Å². The van der Waals surface area contributed by atoms with Gasteiger partial charge in [-0.15, -0.1) is 0 Å². The molecule has 1 aromatic heterocycles. The van der Waals surface area contributed by atoms with E-state index in [1.54, 1.807) is 18.2 Å². The monoisotopic (exact) mass is 456 g/mol. The van der Waals surface area contributed by atoms with E-state index in [9.17, 15) is 9.18 Å². The van der Waals surface area contributed by atoms with Crippen LogP contribution in [0, 0.1) is 5.82 Å². The summed E-state index contributed by atoms with van der Waals surface area (Å²) < 4.78 is 16.7. The highest BCUT2D eigenvalue weighted by molar-refractivity contribution is 9.10. The zero-order valence-electron chi connectivity index (χ0n) is 16.4. The van der Waals surface area contributed by atoms with Gasteiger partial charge in [0.05, 0.1) is 17.1 Å². The summed E-state index contributed by atoms with van der Waals surface area (Å²) >= 11 is 3.39. The summed E-state index contributed by atoms with van der Waals surface area (Å²) in [6.07, 6.45) is 3.66. The fraction of sp³-hybridized carbons (Fsp3) is 0.318. The van der Waals surface area contributed by atoms with Gasteiger partial charge in [-0.1, -0.05) is 29.8 Å². The van der Waals surface area contributed by atoms with Crippen molar-refractivity contribution in [2.75, 3.05) is 18.0 Å². The Labute approximate surface area is 177 Å². The smallest absolute Gasteiger partial charge is 0.282 e. The highest BCUT2D eigenvalue weighted by atomic mass is 79.9. The van der Waals surface area contributed by atoms with Crippen LogP contribution >= 0.6 is 15.9 Å². The predicted molar refractivity (Wildman–Crippen MR) is 119 cm³/mol. The second kappa shape index (κ2) is 8.06. The molecule has 0 N–H and O–H groups in total. The average molecular weight is 457 g/mol. The lowest BCUT2D eigenvalue weighted by molar-refractivity contribution is 0.624. The average Bonchev–Trinajstić information content (AvgIpc) is 3.23. The quantitative estimate of drug-likeness (QED) is 0.524. The van der Waals surface area contributed by atoms with Crippen LogP contribution in [0.4, 0.5) is 10.1 Å². The third kappa shape index (κ3) is 3.96. The van der Waals surface area contributed by atoms with E-state index in [-0.39, 0.29) is 17.3 Å². The van der Waals surface area contributed by atoms with E-state index in [0.717, 1.165) is 36.1 Å². The Morgan fingerprint density at radius 1 is 1.17 bits per heavy atom. The molecular weight excluding hydrogens is 435 g/mol. The van der Waals surface area contributed by atoms with Gasteiger partial charge in [0.25, 0.3) is 5.56 Å². The Hall–Kier alpha value is -2.54. The molecule has 2 aromatic carbocycles. The summed E-state index contributed by atoms with van der Waals surface area (Å²) in [6, 6.07) is 10.5. The first kappa shape index (κ1) is 19.8. The highest BCUT2D eigenvalue weighted by Gasteiger charge is 2.15. The van der Waals surface area contributed by atoms with E-state index in [1.807, 2.05) is 26.0 Å². The van der Waals surface area contributed by atoms with Gasteiger partial charge in [-0.3, -0.25) is 4.79 Å². The summed E-state index contributed by atoms with van der Waals surface area (Å²) in [5.41, 5.74) is 1.57. The first-order chi connectivity index (χ1) is 13.9. The van der Waals surface area contributed by atoms with Gasteiger partial charge in [0.1, 0.15) is 11.6 Å². The van der Waals surface area contributed by atoms with Crippen molar-refractivity contribution >= 4 is 38.7 Å². The molecule has 1 aliphatic heterocycles. The molecule has 0 unspecified atom stereocenters. The Bertz CT molecular complexity index is 1150. The number of halogens is 2. The van der Waals surface area contributed by atoms with Crippen molar-refractivity contribution in [2.24, 2.45) is 5.10 Å². The van der Waals surface area contributed by atoms with Gasteiger partial charge >= 0.3 is 0 Å². The van der Waals surface area contributed by atoms with Crippen molar-refractivity contribution in [1.29, 1.82) is 0 Å². The maximum absolute atomic E-state index is 14.6. The second-order valence-corrected chi connectivity index (χ2v) is 8.46. The lowest BCUT2D eigenvalue weighted by Crippen LogP contribution is -2.23.